The number of esters is 1. The lowest BCUT2D eigenvalue weighted by atomic mass is 10.2. The topological polar surface area (TPSA) is 26.3 Å². The van der Waals surface area contributed by atoms with Crippen LogP contribution in [0.15, 0.2) is 30.3 Å². The summed E-state index contributed by atoms with van der Waals surface area (Å²) in [7, 11) is 0. The van der Waals surface area contributed by atoms with Crippen molar-refractivity contribution in [1.82, 2.24) is 0 Å². The summed E-state index contributed by atoms with van der Waals surface area (Å²) >= 11 is 0. The normalized spacial score (nSPS) is 11.8. The molecule has 0 atom stereocenters. The van der Waals surface area contributed by atoms with E-state index >= 15 is 0 Å². The zero-order valence-electron chi connectivity index (χ0n) is 9.66. The highest BCUT2D eigenvalue weighted by Gasteiger charge is 2.13. The Balaban J connectivity index is 2.68. The number of carbonyl (C=O) groups excluding carboxylic acids is 1. The van der Waals surface area contributed by atoms with Gasteiger partial charge in [-0.3, -0.25) is 0 Å². The van der Waals surface area contributed by atoms with E-state index in [9.17, 15) is 9.18 Å². The first kappa shape index (κ1) is 12.4. The summed E-state index contributed by atoms with van der Waals surface area (Å²) in [6.07, 6.45) is 2.63. The highest BCUT2D eigenvalue weighted by atomic mass is 19.1. The number of ether oxygens (including phenoxy) is 1. The largest absolute Gasteiger partial charge is 0.457 e. The molecule has 3 heteroatoms. The average molecular weight is 222 g/mol. The lowest BCUT2D eigenvalue weighted by molar-refractivity contribution is -0.148. The molecule has 0 bridgehead atoms. The van der Waals surface area contributed by atoms with E-state index in [1.807, 2.05) is 0 Å². The van der Waals surface area contributed by atoms with E-state index in [4.69, 9.17) is 4.74 Å². The predicted octanol–water partition coefficient (Wildman–Crippen LogP) is 3.18. The van der Waals surface area contributed by atoms with Crippen LogP contribution in [0.2, 0.25) is 0 Å². The van der Waals surface area contributed by atoms with Crippen molar-refractivity contribution in [2.24, 2.45) is 0 Å². The standard InChI is InChI=1S/C13H15FO2/c1-13(2,3)16-12(15)9-8-10-6-4-5-7-11(10)14/h4-9H,1-3H3/b9-8+. The molecule has 0 aliphatic carbocycles. The molecule has 0 radical (unpaired) electrons. The fourth-order valence-electron chi connectivity index (χ4n) is 1.10. The molecule has 1 aromatic rings. The Labute approximate surface area is 94.7 Å². The quantitative estimate of drug-likeness (QED) is 0.567. The van der Waals surface area contributed by atoms with Gasteiger partial charge in [0.15, 0.2) is 0 Å². The maximum atomic E-state index is 13.2. The van der Waals surface area contributed by atoms with Crippen LogP contribution in [0, 0.1) is 5.82 Å². The second kappa shape index (κ2) is 4.92. The molecule has 0 saturated heterocycles. The molecule has 0 aliphatic heterocycles. The number of hydrogen-bond donors (Lipinski definition) is 0. The highest BCUT2D eigenvalue weighted by molar-refractivity contribution is 5.87. The summed E-state index contributed by atoms with van der Waals surface area (Å²) in [6.45, 7) is 5.34. The Bertz CT molecular complexity index is 403. The lowest BCUT2D eigenvalue weighted by Gasteiger charge is -2.17. The van der Waals surface area contributed by atoms with E-state index in [1.54, 1.807) is 39.0 Å². The molecule has 1 rings (SSSR count). The number of halogens is 1. The van der Waals surface area contributed by atoms with Gasteiger partial charge in [-0.2, -0.15) is 0 Å². The summed E-state index contributed by atoms with van der Waals surface area (Å²) in [5, 5.41) is 0. The van der Waals surface area contributed by atoms with Crippen LogP contribution in [0.1, 0.15) is 26.3 Å². The lowest BCUT2D eigenvalue weighted by Crippen LogP contribution is -2.22. The van der Waals surface area contributed by atoms with Crippen LogP contribution >= 0.6 is 0 Å². The van der Waals surface area contributed by atoms with Gasteiger partial charge in [-0.15, -0.1) is 0 Å². The van der Waals surface area contributed by atoms with Gasteiger partial charge >= 0.3 is 5.97 Å². The van der Waals surface area contributed by atoms with Gasteiger partial charge < -0.3 is 4.74 Å². The molecule has 86 valence electrons. The maximum absolute atomic E-state index is 13.2. The van der Waals surface area contributed by atoms with Crippen LogP contribution in [0.5, 0.6) is 0 Å². The summed E-state index contributed by atoms with van der Waals surface area (Å²) < 4.78 is 18.2. The first-order valence-electron chi connectivity index (χ1n) is 5.04. The van der Waals surface area contributed by atoms with E-state index in [1.165, 1.54) is 18.2 Å². The Morgan fingerprint density at radius 2 is 1.94 bits per heavy atom. The molecule has 0 unspecified atom stereocenters. The Morgan fingerprint density at radius 3 is 2.50 bits per heavy atom. The number of carbonyl (C=O) groups is 1. The van der Waals surface area contributed by atoms with E-state index in [2.05, 4.69) is 0 Å². The van der Waals surface area contributed by atoms with E-state index in [-0.39, 0.29) is 5.82 Å². The third-order valence-corrected chi connectivity index (χ3v) is 1.71. The van der Waals surface area contributed by atoms with Crippen molar-refractivity contribution < 1.29 is 13.9 Å². The van der Waals surface area contributed by atoms with Crippen LogP contribution in [0.3, 0.4) is 0 Å². The predicted molar refractivity (Wildman–Crippen MR) is 61.3 cm³/mol. The minimum Gasteiger partial charge on any atom is -0.457 e. The molecular formula is C13H15FO2. The molecule has 0 fully saturated rings. The van der Waals surface area contributed by atoms with E-state index in [0.29, 0.717) is 5.56 Å². The smallest absolute Gasteiger partial charge is 0.331 e. The first-order chi connectivity index (χ1) is 7.38. The van der Waals surface area contributed by atoms with Crippen molar-refractivity contribution in [3.63, 3.8) is 0 Å². The van der Waals surface area contributed by atoms with E-state index in [0.717, 1.165) is 0 Å². The summed E-state index contributed by atoms with van der Waals surface area (Å²) in [6, 6.07) is 6.24. The van der Waals surface area contributed by atoms with Gasteiger partial charge in [-0.05, 0) is 32.9 Å². The molecule has 1 aromatic carbocycles. The highest BCUT2D eigenvalue weighted by Crippen LogP contribution is 2.10. The van der Waals surface area contributed by atoms with Crippen LogP contribution in [0.25, 0.3) is 6.08 Å². The van der Waals surface area contributed by atoms with Crippen molar-refractivity contribution in [2.75, 3.05) is 0 Å². The van der Waals surface area contributed by atoms with Crippen LogP contribution in [0.4, 0.5) is 4.39 Å². The first-order valence-corrected chi connectivity index (χ1v) is 5.04. The van der Waals surface area contributed by atoms with E-state index < -0.39 is 11.6 Å². The van der Waals surface area contributed by atoms with Crippen molar-refractivity contribution in [3.8, 4) is 0 Å². The molecule has 0 heterocycles. The zero-order valence-corrected chi connectivity index (χ0v) is 9.66. The Morgan fingerprint density at radius 1 is 1.31 bits per heavy atom. The third kappa shape index (κ3) is 4.26. The molecule has 0 saturated carbocycles. The molecule has 0 N–H and O–H groups in total. The number of benzene rings is 1. The summed E-state index contributed by atoms with van der Waals surface area (Å²) in [5.74, 6) is -0.835. The van der Waals surface area contributed by atoms with Gasteiger partial charge in [0.05, 0.1) is 0 Å². The fourth-order valence-corrected chi connectivity index (χ4v) is 1.10. The van der Waals surface area contributed by atoms with Crippen molar-refractivity contribution in [3.05, 3.63) is 41.7 Å². The maximum Gasteiger partial charge on any atom is 0.331 e. The minimum absolute atomic E-state index is 0.359. The summed E-state index contributed by atoms with van der Waals surface area (Å²) in [5.41, 5.74) is -0.162. The third-order valence-electron chi connectivity index (χ3n) is 1.71. The second-order valence-corrected chi connectivity index (χ2v) is 4.39. The Hall–Kier alpha value is -1.64. The van der Waals surface area contributed by atoms with Gasteiger partial charge in [-0.1, -0.05) is 18.2 Å². The molecule has 0 spiro atoms. The average Bonchev–Trinajstić information content (AvgIpc) is 2.14. The monoisotopic (exact) mass is 222 g/mol. The SMILES string of the molecule is CC(C)(C)OC(=O)/C=C/c1ccccc1F. The van der Waals surface area contributed by atoms with Crippen LogP contribution in [-0.4, -0.2) is 11.6 Å². The van der Waals surface area contributed by atoms with Crippen LogP contribution in [-0.2, 0) is 9.53 Å². The van der Waals surface area contributed by atoms with Gasteiger partial charge in [0.2, 0.25) is 0 Å². The molecule has 0 aromatic heterocycles. The molecule has 16 heavy (non-hydrogen) atoms. The second-order valence-electron chi connectivity index (χ2n) is 4.39. The molecule has 0 amide bonds. The van der Waals surface area contributed by atoms with Crippen molar-refractivity contribution in [1.29, 1.82) is 0 Å². The minimum atomic E-state index is -0.531. The Kier molecular flexibility index (Phi) is 3.82. The van der Waals surface area contributed by atoms with Crippen molar-refractivity contribution >= 4 is 12.0 Å². The van der Waals surface area contributed by atoms with Crippen LogP contribution < -0.4 is 0 Å². The van der Waals surface area contributed by atoms with Gasteiger partial charge in [0.25, 0.3) is 0 Å². The van der Waals surface area contributed by atoms with Gasteiger partial charge in [-0.25, -0.2) is 9.18 Å². The summed E-state index contributed by atoms with van der Waals surface area (Å²) in [4.78, 5) is 11.3. The molecule has 0 aliphatic rings. The fraction of sp³-hybridized carbons (Fsp3) is 0.308. The number of rotatable bonds is 2. The van der Waals surface area contributed by atoms with Gasteiger partial charge in [0.1, 0.15) is 11.4 Å². The number of hydrogen-bond acceptors (Lipinski definition) is 2. The zero-order chi connectivity index (χ0) is 12.2. The molecular weight excluding hydrogens is 207 g/mol. The van der Waals surface area contributed by atoms with Crippen molar-refractivity contribution in [2.45, 2.75) is 26.4 Å². The molecule has 2 nitrogen and oxygen atoms in total. The van der Waals surface area contributed by atoms with Gasteiger partial charge in [0, 0.05) is 11.6 Å².